The molecule has 0 saturated heterocycles. The molecule has 2 aromatic carbocycles. The van der Waals surface area contributed by atoms with E-state index in [2.05, 4.69) is 15.0 Å². The summed E-state index contributed by atoms with van der Waals surface area (Å²) in [7, 11) is 1.60. The first-order valence-electron chi connectivity index (χ1n) is 12.1. The Hall–Kier alpha value is -4.01. The van der Waals surface area contributed by atoms with E-state index in [0.717, 1.165) is 33.9 Å². The number of aromatic nitrogens is 3. The molecule has 0 radical (unpaired) electrons. The van der Waals surface area contributed by atoms with Gasteiger partial charge < -0.3 is 24.8 Å². The maximum Gasteiger partial charge on any atom is 0.231 e. The average Bonchev–Trinajstić information content (AvgIpc) is 3.43. The van der Waals surface area contributed by atoms with Crippen molar-refractivity contribution in [3.63, 3.8) is 0 Å². The number of pyridine rings is 1. The molecule has 0 fully saturated rings. The summed E-state index contributed by atoms with van der Waals surface area (Å²) in [5, 5.41) is 18.6. The van der Waals surface area contributed by atoms with E-state index in [1.165, 1.54) is 4.90 Å². The number of nitrogens with one attached hydrogen (secondary N) is 1. The largest absolute Gasteiger partial charge is 0.492 e. The van der Waals surface area contributed by atoms with Crippen molar-refractivity contribution in [2.45, 2.75) is 20.0 Å². The van der Waals surface area contributed by atoms with E-state index in [4.69, 9.17) is 9.84 Å². The van der Waals surface area contributed by atoms with Gasteiger partial charge in [0.05, 0.1) is 35.7 Å². The van der Waals surface area contributed by atoms with Gasteiger partial charge in [0.1, 0.15) is 18.2 Å². The summed E-state index contributed by atoms with van der Waals surface area (Å²) < 4.78 is 5.89. The zero-order chi connectivity index (χ0) is 26.4. The van der Waals surface area contributed by atoms with Crippen molar-refractivity contribution in [1.29, 1.82) is 0 Å². The number of rotatable bonds is 10. The highest BCUT2D eigenvalue weighted by Gasteiger charge is 2.32. The van der Waals surface area contributed by atoms with Crippen molar-refractivity contribution in [2.75, 3.05) is 26.8 Å². The molecule has 1 unspecified atom stereocenters. The lowest BCUT2D eigenvalue weighted by Crippen LogP contribution is -2.45. The Labute approximate surface area is 216 Å². The van der Waals surface area contributed by atoms with Crippen LogP contribution in [-0.2, 0) is 4.79 Å². The fourth-order valence-electron chi connectivity index (χ4n) is 3.96. The summed E-state index contributed by atoms with van der Waals surface area (Å²) in [6.45, 7) is 3.42. The van der Waals surface area contributed by atoms with Crippen LogP contribution in [0.1, 0.15) is 13.8 Å². The normalized spacial score (nSPS) is 12.2. The number of carbonyl (C=O) groups excluding carboxylic acids is 1. The molecule has 0 aliphatic carbocycles. The van der Waals surface area contributed by atoms with Gasteiger partial charge in [-0.15, -0.1) is 0 Å². The highest BCUT2D eigenvalue weighted by molar-refractivity contribution is 5.82. The second kappa shape index (κ2) is 11.4. The first-order chi connectivity index (χ1) is 17.8. The summed E-state index contributed by atoms with van der Waals surface area (Å²) in [6, 6.07) is 21.5. The number of aromatic amines is 1. The summed E-state index contributed by atoms with van der Waals surface area (Å²) in [5.74, 6) is 1.23. The maximum atomic E-state index is 12.7. The number of carbonyl (C=O) groups is 1. The average molecular weight is 501 g/mol. The highest BCUT2D eigenvalue weighted by Crippen LogP contribution is 2.26. The number of H-pyrrole nitrogens is 1. The van der Waals surface area contributed by atoms with Crippen LogP contribution in [-0.4, -0.2) is 68.9 Å². The second-order valence-electron chi connectivity index (χ2n) is 9.66. The number of aliphatic hydroxyl groups is 2. The van der Waals surface area contributed by atoms with E-state index in [1.807, 2.05) is 72.9 Å². The molecular weight excluding hydrogens is 468 g/mol. The van der Waals surface area contributed by atoms with Crippen LogP contribution in [0.3, 0.4) is 0 Å². The number of ether oxygens (including phenoxy) is 1. The minimum absolute atomic E-state index is 0.0629. The van der Waals surface area contributed by atoms with Crippen molar-refractivity contribution in [1.82, 2.24) is 19.9 Å². The second-order valence-corrected chi connectivity index (χ2v) is 9.66. The van der Waals surface area contributed by atoms with Crippen LogP contribution in [0, 0.1) is 5.41 Å². The predicted molar refractivity (Wildman–Crippen MR) is 143 cm³/mol. The number of aliphatic hydroxyl groups excluding tert-OH is 2. The Kier molecular flexibility index (Phi) is 8.01. The third-order valence-corrected chi connectivity index (χ3v) is 6.07. The number of nitrogens with zero attached hydrogens (tertiary/aromatic N) is 3. The Morgan fingerprint density at radius 2 is 1.68 bits per heavy atom. The van der Waals surface area contributed by atoms with Crippen LogP contribution in [0.15, 0.2) is 79.1 Å². The molecule has 1 atom stereocenters. The van der Waals surface area contributed by atoms with Gasteiger partial charge in [-0.1, -0.05) is 30.3 Å². The topological polar surface area (TPSA) is 112 Å². The lowest BCUT2D eigenvalue weighted by Gasteiger charge is -2.30. The monoisotopic (exact) mass is 500 g/mol. The number of hydrogen-bond donors (Lipinski definition) is 3. The van der Waals surface area contributed by atoms with Crippen LogP contribution in [0.4, 0.5) is 0 Å². The standard InChI is InChI=1S/C29H32N4O4/c1-29(2,28(36)33(3)17-23(35)18-34)19-37-24-12-9-21(10-13-24)25-14-11-22(15-30-25)27-31-16-26(32-27)20-7-5-4-6-8-20/h4-16,23,34-35H,17-19H2,1-3H3,(H,31,32). The van der Waals surface area contributed by atoms with Gasteiger partial charge in [-0.05, 0) is 55.8 Å². The van der Waals surface area contributed by atoms with Crippen LogP contribution < -0.4 is 4.74 Å². The first kappa shape index (κ1) is 26.1. The van der Waals surface area contributed by atoms with Gasteiger partial charge in [-0.3, -0.25) is 9.78 Å². The SMILES string of the molecule is CN(CC(O)CO)C(=O)C(C)(C)COc1ccc(-c2ccc(-c3ncc(-c4ccccc4)[nH]3)cn2)cc1. The molecule has 0 aliphatic rings. The number of imidazole rings is 1. The molecule has 0 bridgehead atoms. The Morgan fingerprint density at radius 3 is 2.32 bits per heavy atom. The smallest absolute Gasteiger partial charge is 0.231 e. The van der Waals surface area contributed by atoms with Crippen molar-refractivity contribution >= 4 is 5.91 Å². The van der Waals surface area contributed by atoms with Crippen LogP contribution in [0.25, 0.3) is 33.9 Å². The van der Waals surface area contributed by atoms with Gasteiger partial charge in [-0.2, -0.15) is 0 Å². The van der Waals surface area contributed by atoms with Gasteiger partial charge in [0.15, 0.2) is 0 Å². The predicted octanol–water partition coefficient (Wildman–Crippen LogP) is 4.02. The van der Waals surface area contributed by atoms with Gasteiger partial charge >= 0.3 is 0 Å². The van der Waals surface area contributed by atoms with Gasteiger partial charge in [0.25, 0.3) is 0 Å². The zero-order valence-electron chi connectivity index (χ0n) is 21.3. The van der Waals surface area contributed by atoms with E-state index >= 15 is 0 Å². The van der Waals surface area contributed by atoms with Crippen LogP contribution in [0.2, 0.25) is 0 Å². The molecule has 192 valence electrons. The summed E-state index contributed by atoms with van der Waals surface area (Å²) in [5.41, 5.74) is 3.89. The molecule has 0 aliphatic heterocycles. The Morgan fingerprint density at radius 1 is 0.973 bits per heavy atom. The van der Waals surface area contributed by atoms with Gasteiger partial charge in [0.2, 0.25) is 5.91 Å². The summed E-state index contributed by atoms with van der Waals surface area (Å²) in [4.78, 5) is 26.6. The molecule has 1 amide bonds. The molecular formula is C29H32N4O4. The molecule has 2 heterocycles. The fourth-order valence-corrected chi connectivity index (χ4v) is 3.96. The maximum absolute atomic E-state index is 12.7. The zero-order valence-corrected chi connectivity index (χ0v) is 21.3. The van der Waals surface area contributed by atoms with Crippen molar-refractivity contribution < 1.29 is 19.7 Å². The third-order valence-electron chi connectivity index (χ3n) is 6.07. The van der Waals surface area contributed by atoms with Crippen molar-refractivity contribution in [3.05, 3.63) is 79.1 Å². The Balaban J connectivity index is 1.37. The van der Waals surface area contributed by atoms with E-state index in [-0.39, 0.29) is 19.1 Å². The van der Waals surface area contributed by atoms with Crippen LogP contribution >= 0.6 is 0 Å². The number of amides is 1. The van der Waals surface area contributed by atoms with E-state index in [1.54, 1.807) is 27.1 Å². The summed E-state index contributed by atoms with van der Waals surface area (Å²) in [6.07, 6.45) is 2.65. The molecule has 0 spiro atoms. The van der Waals surface area contributed by atoms with E-state index < -0.39 is 18.1 Å². The Bertz CT molecular complexity index is 1300. The lowest BCUT2D eigenvalue weighted by molar-refractivity contribution is -0.142. The van der Waals surface area contributed by atoms with Gasteiger partial charge in [-0.25, -0.2) is 4.98 Å². The number of likely N-dealkylation sites (N-methyl/N-ethyl adjacent to an activating group) is 1. The lowest BCUT2D eigenvalue weighted by atomic mass is 9.92. The van der Waals surface area contributed by atoms with Crippen molar-refractivity contribution in [3.8, 4) is 39.7 Å². The molecule has 37 heavy (non-hydrogen) atoms. The van der Waals surface area contributed by atoms with E-state index in [0.29, 0.717) is 5.75 Å². The molecule has 2 aromatic heterocycles. The van der Waals surface area contributed by atoms with E-state index in [9.17, 15) is 9.90 Å². The van der Waals surface area contributed by atoms with Crippen molar-refractivity contribution in [2.24, 2.45) is 5.41 Å². The fraction of sp³-hybridized carbons (Fsp3) is 0.276. The summed E-state index contributed by atoms with van der Waals surface area (Å²) >= 11 is 0. The molecule has 0 saturated carbocycles. The van der Waals surface area contributed by atoms with Gasteiger partial charge in [0, 0.05) is 30.9 Å². The molecule has 4 aromatic rings. The molecule has 8 heteroatoms. The number of benzene rings is 2. The molecule has 8 nitrogen and oxygen atoms in total. The first-order valence-corrected chi connectivity index (χ1v) is 12.1. The third kappa shape index (κ3) is 6.41. The minimum atomic E-state index is -0.966. The minimum Gasteiger partial charge on any atom is -0.492 e. The quantitative estimate of drug-likeness (QED) is 0.303. The number of hydrogen-bond acceptors (Lipinski definition) is 6. The van der Waals surface area contributed by atoms with Crippen LogP contribution in [0.5, 0.6) is 5.75 Å². The molecule has 3 N–H and O–H groups in total. The highest BCUT2D eigenvalue weighted by atomic mass is 16.5. The molecule has 4 rings (SSSR count).